The summed E-state index contributed by atoms with van der Waals surface area (Å²) in [6.07, 6.45) is 0. The summed E-state index contributed by atoms with van der Waals surface area (Å²) in [5.41, 5.74) is -0.463. The quantitative estimate of drug-likeness (QED) is 0.870. The van der Waals surface area contributed by atoms with Crippen molar-refractivity contribution in [2.24, 2.45) is 0 Å². The lowest BCUT2D eigenvalue weighted by atomic mass is 10.1. The highest BCUT2D eigenvalue weighted by Crippen LogP contribution is 2.25. The van der Waals surface area contributed by atoms with Gasteiger partial charge in [-0.3, -0.25) is 4.79 Å². The van der Waals surface area contributed by atoms with Crippen LogP contribution in [0.3, 0.4) is 0 Å². The Morgan fingerprint density at radius 3 is 2.33 bits per heavy atom. The van der Waals surface area contributed by atoms with Gasteiger partial charge in [0.2, 0.25) is 15.7 Å². The lowest BCUT2D eigenvalue weighted by molar-refractivity contribution is -0.120. The maximum Gasteiger partial charge on any atom is 0.341 e. The number of hydrogen-bond acceptors (Lipinski definition) is 4. The summed E-state index contributed by atoms with van der Waals surface area (Å²) in [7, 11) is -4.72. The molecule has 8 heteroatoms. The van der Waals surface area contributed by atoms with E-state index >= 15 is 0 Å². The van der Waals surface area contributed by atoms with Crippen LogP contribution in [0, 0.1) is 0 Å². The normalized spacial score (nSPS) is 12.3. The Morgan fingerprint density at radius 1 is 1.24 bits per heavy atom. The first-order chi connectivity index (χ1) is 9.54. The van der Waals surface area contributed by atoms with Gasteiger partial charge in [-0.1, -0.05) is 12.1 Å². The molecule has 2 N–H and O–H groups in total. The van der Waals surface area contributed by atoms with Crippen molar-refractivity contribution in [2.45, 2.75) is 37.0 Å². The molecule has 118 valence electrons. The molecule has 0 saturated carbocycles. The number of carbonyl (C=O) groups excluding carboxylic acids is 1. The second kappa shape index (κ2) is 6.38. The molecule has 0 unspecified atom stereocenters. The van der Waals surface area contributed by atoms with Crippen LogP contribution in [0.4, 0.5) is 14.5 Å². The van der Waals surface area contributed by atoms with Crippen LogP contribution in [0.5, 0.6) is 0 Å². The summed E-state index contributed by atoms with van der Waals surface area (Å²) in [5, 5.41) is 5.24. The molecule has 0 aromatic heterocycles. The van der Waals surface area contributed by atoms with Gasteiger partial charge in [0.05, 0.1) is 17.1 Å². The molecule has 0 atom stereocenters. The highest BCUT2D eigenvalue weighted by Gasteiger charge is 2.29. The summed E-state index contributed by atoms with van der Waals surface area (Å²) in [4.78, 5) is 11.1. The fraction of sp³-hybridized carbons (Fsp3) is 0.462. The lowest BCUT2D eigenvalue weighted by Gasteiger charge is -2.21. The van der Waals surface area contributed by atoms with E-state index in [1.54, 1.807) is 20.8 Å². The van der Waals surface area contributed by atoms with Crippen molar-refractivity contribution in [1.29, 1.82) is 0 Å². The van der Waals surface area contributed by atoms with E-state index in [-0.39, 0.29) is 18.1 Å². The molecule has 21 heavy (non-hydrogen) atoms. The third-order valence-corrected chi connectivity index (χ3v) is 3.82. The number of carbonyl (C=O) groups is 1. The zero-order valence-electron chi connectivity index (χ0n) is 12.0. The van der Waals surface area contributed by atoms with Crippen LogP contribution in [0.15, 0.2) is 29.2 Å². The minimum Gasteiger partial charge on any atom is -0.375 e. The Balaban J connectivity index is 2.89. The summed E-state index contributed by atoms with van der Waals surface area (Å²) in [6.45, 7) is 5.16. The van der Waals surface area contributed by atoms with Crippen LogP contribution >= 0.6 is 0 Å². The Kier molecular flexibility index (Phi) is 5.27. The predicted octanol–water partition coefficient (Wildman–Crippen LogP) is 2.01. The van der Waals surface area contributed by atoms with Crippen molar-refractivity contribution in [1.82, 2.24) is 5.32 Å². The van der Waals surface area contributed by atoms with Crippen LogP contribution < -0.4 is 10.6 Å². The molecule has 1 aromatic carbocycles. The third-order valence-electron chi connectivity index (χ3n) is 2.38. The van der Waals surface area contributed by atoms with Gasteiger partial charge < -0.3 is 10.6 Å². The second-order valence-electron chi connectivity index (χ2n) is 5.45. The van der Waals surface area contributed by atoms with Crippen LogP contribution in [0.2, 0.25) is 0 Å². The zero-order chi connectivity index (χ0) is 16.3. The van der Waals surface area contributed by atoms with Crippen LogP contribution in [-0.4, -0.2) is 32.2 Å². The van der Waals surface area contributed by atoms with Crippen molar-refractivity contribution in [3.8, 4) is 0 Å². The largest absolute Gasteiger partial charge is 0.375 e. The number of para-hydroxylation sites is 1. The number of hydrogen-bond donors (Lipinski definition) is 2. The fourth-order valence-electron chi connectivity index (χ4n) is 1.59. The number of benzene rings is 1. The van der Waals surface area contributed by atoms with Crippen LogP contribution in [-0.2, 0) is 14.6 Å². The minimum atomic E-state index is -4.72. The van der Waals surface area contributed by atoms with E-state index in [1.165, 1.54) is 18.2 Å². The number of halogens is 2. The first-order valence-corrected chi connectivity index (χ1v) is 7.74. The van der Waals surface area contributed by atoms with E-state index in [1.807, 2.05) is 0 Å². The highest BCUT2D eigenvalue weighted by atomic mass is 32.2. The van der Waals surface area contributed by atoms with Crippen molar-refractivity contribution in [3.63, 3.8) is 0 Å². The number of anilines is 1. The fourth-order valence-corrected chi connectivity index (χ4v) is 2.50. The number of amides is 1. The average Bonchev–Trinajstić information content (AvgIpc) is 2.34. The van der Waals surface area contributed by atoms with E-state index in [9.17, 15) is 22.0 Å². The van der Waals surface area contributed by atoms with E-state index in [0.29, 0.717) is 0 Å². The summed E-state index contributed by atoms with van der Waals surface area (Å²) < 4.78 is 48.3. The number of nitrogens with one attached hydrogen (secondary N) is 2. The molecule has 1 rings (SSSR count). The summed E-state index contributed by atoms with van der Waals surface area (Å²) in [6, 6.07) is 5.25. The zero-order valence-corrected chi connectivity index (χ0v) is 12.8. The van der Waals surface area contributed by atoms with E-state index in [4.69, 9.17) is 0 Å². The van der Waals surface area contributed by atoms with E-state index in [0.717, 1.165) is 6.07 Å². The maximum absolute atomic E-state index is 12.6. The minimum absolute atomic E-state index is 0.0261. The first kappa shape index (κ1) is 17.4. The third kappa shape index (κ3) is 4.96. The highest BCUT2D eigenvalue weighted by molar-refractivity contribution is 7.91. The van der Waals surface area contributed by atoms with Crippen molar-refractivity contribution < 1.29 is 22.0 Å². The second-order valence-corrected chi connectivity index (χ2v) is 7.34. The van der Waals surface area contributed by atoms with Gasteiger partial charge in [-0.2, -0.15) is 8.78 Å². The van der Waals surface area contributed by atoms with Gasteiger partial charge in [-0.05, 0) is 32.9 Å². The lowest BCUT2D eigenvalue weighted by Crippen LogP contribution is -2.43. The van der Waals surface area contributed by atoms with Gasteiger partial charge >= 0.3 is 5.76 Å². The smallest absolute Gasteiger partial charge is 0.341 e. The molecule has 0 fully saturated rings. The van der Waals surface area contributed by atoms with Gasteiger partial charge in [0.15, 0.2) is 0 Å². The molecule has 0 saturated heterocycles. The van der Waals surface area contributed by atoms with Gasteiger partial charge in [0.25, 0.3) is 0 Å². The SMILES string of the molecule is CC(C)(C)NC(=O)CNc1ccccc1S(=O)(=O)C(F)F. The standard InChI is InChI=1S/C13H18F2N2O3S/c1-13(2,3)17-11(18)8-16-9-6-4-5-7-10(9)21(19,20)12(14)15/h4-7,12,16H,8H2,1-3H3,(H,17,18). The molecule has 0 bridgehead atoms. The van der Waals surface area contributed by atoms with Crippen LogP contribution in [0.25, 0.3) is 0 Å². The molecule has 0 spiro atoms. The molecule has 0 heterocycles. The number of sulfone groups is 1. The van der Waals surface area contributed by atoms with Gasteiger partial charge in [-0.25, -0.2) is 8.42 Å². The maximum atomic E-state index is 12.6. The van der Waals surface area contributed by atoms with Crippen molar-refractivity contribution in [2.75, 3.05) is 11.9 Å². The molecular weight excluding hydrogens is 302 g/mol. The topological polar surface area (TPSA) is 75.3 Å². The molecule has 1 amide bonds. The molecule has 1 aromatic rings. The molecule has 5 nitrogen and oxygen atoms in total. The Labute approximate surface area is 122 Å². The Morgan fingerprint density at radius 2 is 1.81 bits per heavy atom. The summed E-state index contributed by atoms with van der Waals surface area (Å²) >= 11 is 0. The van der Waals surface area contributed by atoms with E-state index < -0.39 is 26.0 Å². The summed E-state index contributed by atoms with van der Waals surface area (Å²) in [5.74, 6) is -3.88. The van der Waals surface area contributed by atoms with Crippen molar-refractivity contribution in [3.05, 3.63) is 24.3 Å². The van der Waals surface area contributed by atoms with Crippen molar-refractivity contribution >= 4 is 21.4 Å². The Bertz CT molecular complexity index is 610. The predicted molar refractivity (Wildman–Crippen MR) is 76.0 cm³/mol. The molecule has 0 aliphatic carbocycles. The van der Waals surface area contributed by atoms with Gasteiger partial charge in [0.1, 0.15) is 0 Å². The van der Waals surface area contributed by atoms with Gasteiger partial charge in [0, 0.05) is 5.54 Å². The Hall–Kier alpha value is -1.70. The first-order valence-electron chi connectivity index (χ1n) is 6.20. The van der Waals surface area contributed by atoms with E-state index in [2.05, 4.69) is 10.6 Å². The molecule has 0 aliphatic heterocycles. The number of rotatable bonds is 5. The van der Waals surface area contributed by atoms with Gasteiger partial charge in [-0.15, -0.1) is 0 Å². The molecule has 0 radical (unpaired) electrons. The monoisotopic (exact) mass is 320 g/mol. The van der Waals surface area contributed by atoms with Crippen LogP contribution in [0.1, 0.15) is 20.8 Å². The number of alkyl halides is 2. The molecular formula is C13H18F2N2O3S. The molecule has 0 aliphatic rings. The average molecular weight is 320 g/mol.